The van der Waals surface area contributed by atoms with E-state index in [-0.39, 0.29) is 0 Å². The van der Waals surface area contributed by atoms with E-state index in [0.29, 0.717) is 30.4 Å². The normalized spacial score (nSPS) is 18.3. The lowest BCUT2D eigenvalue weighted by Gasteiger charge is -2.32. The molecule has 0 aromatic heterocycles. The lowest BCUT2D eigenvalue weighted by Crippen LogP contribution is -2.40. The SMILES string of the molecule is CN(C)CC1CCN(S(=O)(=O)c2cccc(CN)c2)CC1. The maximum Gasteiger partial charge on any atom is 0.243 e. The van der Waals surface area contributed by atoms with Crippen LogP contribution in [0.4, 0.5) is 0 Å². The maximum atomic E-state index is 12.7. The summed E-state index contributed by atoms with van der Waals surface area (Å²) in [6, 6.07) is 6.94. The van der Waals surface area contributed by atoms with Gasteiger partial charge in [0.05, 0.1) is 4.90 Å². The summed E-state index contributed by atoms with van der Waals surface area (Å²) in [5.41, 5.74) is 6.44. The molecule has 2 rings (SSSR count). The van der Waals surface area contributed by atoms with Gasteiger partial charge in [-0.2, -0.15) is 4.31 Å². The highest BCUT2D eigenvalue weighted by Crippen LogP contribution is 2.24. The van der Waals surface area contributed by atoms with E-state index in [4.69, 9.17) is 5.73 Å². The minimum Gasteiger partial charge on any atom is -0.326 e. The fourth-order valence-corrected chi connectivity index (χ4v) is 4.37. The van der Waals surface area contributed by atoms with Crippen LogP contribution in [-0.4, -0.2) is 51.4 Å². The standard InChI is InChI=1S/C15H25N3O2S/c1-17(2)12-13-6-8-18(9-7-13)21(19,20)15-5-3-4-14(10-15)11-16/h3-5,10,13H,6-9,11-12,16H2,1-2H3. The molecule has 0 spiro atoms. The van der Waals surface area contributed by atoms with Gasteiger partial charge >= 0.3 is 0 Å². The molecule has 1 aromatic carbocycles. The number of hydrogen-bond donors (Lipinski definition) is 1. The summed E-state index contributed by atoms with van der Waals surface area (Å²) in [5, 5.41) is 0. The Balaban J connectivity index is 2.07. The highest BCUT2D eigenvalue weighted by atomic mass is 32.2. The molecule has 1 heterocycles. The van der Waals surface area contributed by atoms with Gasteiger partial charge in [0.1, 0.15) is 0 Å². The van der Waals surface area contributed by atoms with Gasteiger partial charge in [0.15, 0.2) is 0 Å². The predicted molar refractivity (Wildman–Crippen MR) is 84.4 cm³/mol. The van der Waals surface area contributed by atoms with Gasteiger partial charge in [-0.3, -0.25) is 0 Å². The second-order valence-corrected chi connectivity index (χ2v) is 7.90. The number of hydrogen-bond acceptors (Lipinski definition) is 4. The van der Waals surface area contributed by atoms with E-state index in [2.05, 4.69) is 19.0 Å². The third-order valence-corrected chi connectivity index (χ3v) is 5.86. The van der Waals surface area contributed by atoms with Gasteiger partial charge in [0, 0.05) is 26.2 Å². The summed E-state index contributed by atoms with van der Waals surface area (Å²) in [5.74, 6) is 0.585. The molecule has 118 valence electrons. The first-order valence-electron chi connectivity index (χ1n) is 7.37. The lowest BCUT2D eigenvalue weighted by molar-refractivity contribution is 0.225. The quantitative estimate of drug-likeness (QED) is 0.884. The Kier molecular flexibility index (Phi) is 5.37. The first kappa shape index (κ1) is 16.4. The van der Waals surface area contributed by atoms with Gasteiger partial charge in [0.2, 0.25) is 10.0 Å². The van der Waals surface area contributed by atoms with Crippen LogP contribution < -0.4 is 5.73 Å². The molecule has 6 heteroatoms. The van der Waals surface area contributed by atoms with E-state index < -0.39 is 10.0 Å². The van der Waals surface area contributed by atoms with Crippen molar-refractivity contribution in [3.8, 4) is 0 Å². The monoisotopic (exact) mass is 311 g/mol. The molecule has 1 fully saturated rings. The minimum absolute atomic E-state index is 0.355. The number of benzene rings is 1. The van der Waals surface area contributed by atoms with E-state index >= 15 is 0 Å². The Morgan fingerprint density at radius 1 is 1.29 bits per heavy atom. The fraction of sp³-hybridized carbons (Fsp3) is 0.600. The Morgan fingerprint density at radius 3 is 2.52 bits per heavy atom. The number of nitrogens with two attached hydrogens (primary N) is 1. The van der Waals surface area contributed by atoms with Crippen LogP contribution >= 0.6 is 0 Å². The van der Waals surface area contributed by atoms with Crippen LogP contribution in [0, 0.1) is 5.92 Å². The van der Waals surface area contributed by atoms with Crippen molar-refractivity contribution in [2.75, 3.05) is 33.7 Å². The number of piperidine rings is 1. The van der Waals surface area contributed by atoms with Crippen molar-refractivity contribution < 1.29 is 8.42 Å². The molecule has 5 nitrogen and oxygen atoms in total. The summed E-state index contributed by atoms with van der Waals surface area (Å²) in [6.45, 7) is 2.59. The van der Waals surface area contributed by atoms with Crippen LogP contribution in [-0.2, 0) is 16.6 Å². The van der Waals surface area contributed by atoms with E-state index in [0.717, 1.165) is 24.9 Å². The zero-order valence-corrected chi connectivity index (χ0v) is 13.6. The fourth-order valence-electron chi connectivity index (χ4n) is 2.83. The van der Waals surface area contributed by atoms with Crippen molar-refractivity contribution in [3.05, 3.63) is 29.8 Å². The summed E-state index contributed by atoms with van der Waals surface area (Å²) < 4.78 is 26.9. The Bertz CT molecular complexity index is 564. The molecule has 21 heavy (non-hydrogen) atoms. The molecule has 0 saturated carbocycles. The van der Waals surface area contributed by atoms with Crippen molar-refractivity contribution in [3.63, 3.8) is 0 Å². The first-order valence-corrected chi connectivity index (χ1v) is 8.81. The Labute approximate surface area is 127 Å². The summed E-state index contributed by atoms with van der Waals surface area (Å²) in [4.78, 5) is 2.52. The zero-order valence-electron chi connectivity index (χ0n) is 12.8. The highest BCUT2D eigenvalue weighted by molar-refractivity contribution is 7.89. The molecule has 0 amide bonds. The van der Waals surface area contributed by atoms with Crippen molar-refractivity contribution >= 4 is 10.0 Å². The van der Waals surface area contributed by atoms with Gasteiger partial charge in [0.25, 0.3) is 0 Å². The van der Waals surface area contributed by atoms with E-state index in [1.807, 2.05) is 6.07 Å². The molecule has 0 atom stereocenters. The molecule has 0 unspecified atom stereocenters. The zero-order chi connectivity index (χ0) is 15.5. The molecule has 0 radical (unpaired) electrons. The molecule has 0 aliphatic carbocycles. The molecule has 2 N–H and O–H groups in total. The van der Waals surface area contributed by atoms with E-state index in [1.165, 1.54) is 0 Å². The first-order chi connectivity index (χ1) is 9.93. The maximum absolute atomic E-state index is 12.7. The van der Waals surface area contributed by atoms with Crippen LogP contribution in [0.15, 0.2) is 29.2 Å². The van der Waals surface area contributed by atoms with Crippen molar-refractivity contribution in [1.29, 1.82) is 0 Å². The molecule has 1 aliphatic heterocycles. The number of sulfonamides is 1. The average Bonchev–Trinajstić information content (AvgIpc) is 2.47. The topological polar surface area (TPSA) is 66.6 Å². The highest BCUT2D eigenvalue weighted by Gasteiger charge is 2.29. The predicted octanol–water partition coefficient (Wildman–Crippen LogP) is 1.11. The molecule has 1 saturated heterocycles. The Hall–Kier alpha value is -0.950. The van der Waals surface area contributed by atoms with Crippen molar-refractivity contribution in [2.24, 2.45) is 11.7 Å². The second kappa shape index (κ2) is 6.87. The van der Waals surface area contributed by atoms with Crippen LogP contribution in [0.2, 0.25) is 0 Å². The number of nitrogens with zero attached hydrogens (tertiary/aromatic N) is 2. The molecule has 1 aromatic rings. The smallest absolute Gasteiger partial charge is 0.243 e. The summed E-state index contributed by atoms with van der Waals surface area (Å²) >= 11 is 0. The molecular formula is C15H25N3O2S. The molecule has 1 aliphatic rings. The van der Waals surface area contributed by atoms with Gasteiger partial charge in [-0.25, -0.2) is 8.42 Å². The van der Waals surface area contributed by atoms with Crippen LogP contribution in [0.3, 0.4) is 0 Å². The van der Waals surface area contributed by atoms with E-state index in [9.17, 15) is 8.42 Å². The van der Waals surface area contributed by atoms with E-state index in [1.54, 1.807) is 22.5 Å². The van der Waals surface area contributed by atoms with Gasteiger partial charge in [-0.1, -0.05) is 12.1 Å². The largest absolute Gasteiger partial charge is 0.326 e. The molecular weight excluding hydrogens is 286 g/mol. The second-order valence-electron chi connectivity index (χ2n) is 5.96. The third-order valence-electron chi connectivity index (χ3n) is 3.97. The lowest BCUT2D eigenvalue weighted by atomic mass is 9.98. The average molecular weight is 311 g/mol. The van der Waals surface area contributed by atoms with Crippen LogP contribution in [0.25, 0.3) is 0 Å². The van der Waals surface area contributed by atoms with Gasteiger partial charge in [-0.05, 0) is 50.6 Å². The van der Waals surface area contributed by atoms with Gasteiger partial charge < -0.3 is 10.6 Å². The minimum atomic E-state index is -3.38. The molecule has 0 bridgehead atoms. The summed E-state index contributed by atoms with van der Waals surface area (Å²) in [6.07, 6.45) is 1.85. The van der Waals surface area contributed by atoms with Crippen LogP contribution in [0.5, 0.6) is 0 Å². The van der Waals surface area contributed by atoms with Gasteiger partial charge in [-0.15, -0.1) is 0 Å². The van der Waals surface area contributed by atoms with Crippen molar-refractivity contribution in [1.82, 2.24) is 9.21 Å². The third kappa shape index (κ3) is 4.03. The summed E-state index contributed by atoms with van der Waals surface area (Å²) in [7, 11) is 0.732. The van der Waals surface area contributed by atoms with Crippen molar-refractivity contribution in [2.45, 2.75) is 24.3 Å². The number of rotatable bonds is 5. The van der Waals surface area contributed by atoms with Crippen LogP contribution in [0.1, 0.15) is 18.4 Å². The Morgan fingerprint density at radius 2 is 1.95 bits per heavy atom.